The monoisotopic (exact) mass is 343 g/mol. The van der Waals surface area contributed by atoms with E-state index in [1.165, 1.54) is 0 Å². The molecule has 1 aromatic carbocycles. The van der Waals surface area contributed by atoms with Crippen LogP contribution in [0.15, 0.2) is 48.8 Å². The van der Waals surface area contributed by atoms with Gasteiger partial charge in [0.05, 0.1) is 13.0 Å². The summed E-state index contributed by atoms with van der Waals surface area (Å²) in [6.45, 7) is 1.71. The summed E-state index contributed by atoms with van der Waals surface area (Å²) >= 11 is 6.12. The van der Waals surface area contributed by atoms with Crippen molar-refractivity contribution < 1.29 is 9.90 Å². The Bertz CT molecular complexity index is 873. The molecule has 0 aliphatic heterocycles. The van der Waals surface area contributed by atoms with Crippen molar-refractivity contribution in [1.29, 1.82) is 0 Å². The lowest BCUT2D eigenvalue weighted by molar-refractivity contribution is -0.121. The van der Waals surface area contributed by atoms with Crippen molar-refractivity contribution in [2.45, 2.75) is 18.9 Å². The Labute approximate surface area is 144 Å². The number of hydrogen-bond acceptors (Lipinski definition) is 3. The predicted molar refractivity (Wildman–Crippen MR) is 93.8 cm³/mol. The number of H-pyrrole nitrogens is 1. The van der Waals surface area contributed by atoms with Crippen LogP contribution in [0.1, 0.15) is 18.1 Å². The van der Waals surface area contributed by atoms with Crippen molar-refractivity contribution in [2.24, 2.45) is 0 Å². The molecule has 0 spiro atoms. The molecule has 0 fully saturated rings. The van der Waals surface area contributed by atoms with Gasteiger partial charge in [-0.25, -0.2) is 4.98 Å². The Hall–Kier alpha value is -2.37. The first-order valence-electron chi connectivity index (χ1n) is 7.62. The van der Waals surface area contributed by atoms with Gasteiger partial charge in [-0.1, -0.05) is 29.8 Å². The number of benzene rings is 1. The Morgan fingerprint density at radius 3 is 2.92 bits per heavy atom. The van der Waals surface area contributed by atoms with E-state index in [4.69, 9.17) is 11.6 Å². The zero-order valence-corrected chi connectivity index (χ0v) is 14.0. The second-order valence-corrected chi connectivity index (χ2v) is 6.33. The van der Waals surface area contributed by atoms with E-state index >= 15 is 0 Å². The van der Waals surface area contributed by atoms with Crippen LogP contribution in [0.3, 0.4) is 0 Å². The molecule has 3 rings (SSSR count). The third-order valence-corrected chi connectivity index (χ3v) is 4.30. The Morgan fingerprint density at radius 2 is 2.12 bits per heavy atom. The van der Waals surface area contributed by atoms with E-state index in [0.717, 1.165) is 16.6 Å². The van der Waals surface area contributed by atoms with Crippen molar-refractivity contribution in [3.05, 3.63) is 64.9 Å². The van der Waals surface area contributed by atoms with E-state index in [2.05, 4.69) is 15.3 Å². The molecule has 24 heavy (non-hydrogen) atoms. The summed E-state index contributed by atoms with van der Waals surface area (Å²) in [6.07, 6.45) is 3.69. The molecule has 0 unspecified atom stereocenters. The minimum Gasteiger partial charge on any atom is -0.384 e. The van der Waals surface area contributed by atoms with Crippen LogP contribution in [0.4, 0.5) is 0 Å². The van der Waals surface area contributed by atoms with Crippen molar-refractivity contribution in [3.63, 3.8) is 0 Å². The van der Waals surface area contributed by atoms with E-state index in [-0.39, 0.29) is 18.9 Å². The summed E-state index contributed by atoms with van der Waals surface area (Å²) in [7, 11) is 0. The maximum absolute atomic E-state index is 12.2. The first kappa shape index (κ1) is 16.5. The fourth-order valence-electron chi connectivity index (χ4n) is 2.66. The van der Waals surface area contributed by atoms with E-state index in [9.17, 15) is 9.90 Å². The molecule has 124 valence electrons. The highest BCUT2D eigenvalue weighted by Crippen LogP contribution is 2.27. The molecule has 0 aliphatic carbocycles. The lowest BCUT2D eigenvalue weighted by Crippen LogP contribution is -2.39. The van der Waals surface area contributed by atoms with E-state index in [1.54, 1.807) is 43.6 Å². The van der Waals surface area contributed by atoms with Crippen LogP contribution < -0.4 is 5.32 Å². The van der Waals surface area contributed by atoms with Crippen LogP contribution >= 0.6 is 11.6 Å². The predicted octanol–water partition coefficient (Wildman–Crippen LogP) is 2.78. The topological polar surface area (TPSA) is 78.0 Å². The molecule has 3 aromatic rings. The molecular weight excluding hydrogens is 326 g/mol. The van der Waals surface area contributed by atoms with Crippen LogP contribution in [0.5, 0.6) is 0 Å². The van der Waals surface area contributed by atoms with Crippen LogP contribution in [0, 0.1) is 0 Å². The fourth-order valence-corrected chi connectivity index (χ4v) is 3.00. The molecule has 1 atom stereocenters. The molecule has 0 saturated carbocycles. The number of hydrogen-bond donors (Lipinski definition) is 3. The number of fused-ring (bicyclic) bond motifs is 1. The van der Waals surface area contributed by atoms with Gasteiger partial charge in [-0.15, -0.1) is 0 Å². The van der Waals surface area contributed by atoms with Gasteiger partial charge in [-0.3, -0.25) is 4.79 Å². The lowest BCUT2D eigenvalue weighted by Gasteiger charge is -2.25. The standard InChI is InChI=1S/C18H18ClN3O2/c1-18(24,14-6-2-3-7-15(14)19)11-22-16(23)9-12-10-21-17-13(12)5-4-8-20-17/h2-8,10,24H,9,11H2,1H3,(H,20,21)(H,22,23)/t18-/m0/s1. The third-order valence-electron chi connectivity index (χ3n) is 3.97. The second kappa shape index (κ2) is 6.63. The molecule has 0 aliphatic rings. The SMILES string of the molecule is C[C@](O)(CNC(=O)Cc1c[nH]c2ncccc12)c1ccccc1Cl. The maximum atomic E-state index is 12.2. The lowest BCUT2D eigenvalue weighted by atomic mass is 9.96. The number of aliphatic hydroxyl groups is 1. The summed E-state index contributed by atoms with van der Waals surface area (Å²) in [5.41, 5.74) is 0.968. The number of amides is 1. The van der Waals surface area contributed by atoms with Gasteiger partial charge in [-0.05, 0) is 30.7 Å². The van der Waals surface area contributed by atoms with E-state index in [1.807, 2.05) is 12.1 Å². The van der Waals surface area contributed by atoms with Crippen LogP contribution in [0.2, 0.25) is 5.02 Å². The molecule has 0 radical (unpaired) electrons. The molecule has 5 nitrogen and oxygen atoms in total. The van der Waals surface area contributed by atoms with Crippen molar-refractivity contribution in [3.8, 4) is 0 Å². The minimum atomic E-state index is -1.24. The number of aromatic amines is 1. The number of rotatable bonds is 5. The summed E-state index contributed by atoms with van der Waals surface area (Å²) < 4.78 is 0. The van der Waals surface area contributed by atoms with Gasteiger partial charge in [0.25, 0.3) is 0 Å². The average molecular weight is 344 g/mol. The zero-order chi connectivity index (χ0) is 17.2. The smallest absolute Gasteiger partial charge is 0.224 e. The van der Waals surface area contributed by atoms with Gasteiger partial charge in [0, 0.05) is 28.4 Å². The summed E-state index contributed by atoms with van der Waals surface area (Å²) in [4.78, 5) is 19.5. The Kier molecular flexibility index (Phi) is 4.55. The largest absolute Gasteiger partial charge is 0.384 e. The van der Waals surface area contributed by atoms with Gasteiger partial charge in [0.15, 0.2) is 0 Å². The molecule has 0 bridgehead atoms. The van der Waals surface area contributed by atoms with Crippen LogP contribution in [-0.2, 0) is 16.8 Å². The van der Waals surface area contributed by atoms with Crippen LogP contribution in [-0.4, -0.2) is 27.5 Å². The quantitative estimate of drug-likeness (QED) is 0.666. The van der Waals surface area contributed by atoms with E-state index < -0.39 is 5.60 Å². The summed E-state index contributed by atoms with van der Waals surface area (Å²) in [5, 5.41) is 14.8. The zero-order valence-electron chi connectivity index (χ0n) is 13.2. The van der Waals surface area contributed by atoms with Crippen molar-refractivity contribution >= 4 is 28.5 Å². The molecule has 3 N–H and O–H groups in total. The minimum absolute atomic E-state index is 0.0795. The second-order valence-electron chi connectivity index (χ2n) is 5.92. The number of carbonyl (C=O) groups excluding carboxylic acids is 1. The van der Waals surface area contributed by atoms with Crippen molar-refractivity contribution in [2.75, 3.05) is 6.54 Å². The normalized spacial score (nSPS) is 13.6. The highest BCUT2D eigenvalue weighted by Gasteiger charge is 2.26. The van der Waals surface area contributed by atoms with E-state index in [0.29, 0.717) is 10.6 Å². The summed E-state index contributed by atoms with van der Waals surface area (Å²) in [6, 6.07) is 10.8. The Balaban J connectivity index is 1.66. The first-order chi connectivity index (χ1) is 11.5. The number of nitrogens with zero attached hydrogens (tertiary/aromatic N) is 1. The molecule has 6 heteroatoms. The van der Waals surface area contributed by atoms with Gasteiger partial charge < -0.3 is 15.4 Å². The van der Waals surface area contributed by atoms with Gasteiger partial charge in [-0.2, -0.15) is 0 Å². The van der Waals surface area contributed by atoms with Gasteiger partial charge in [0.2, 0.25) is 5.91 Å². The molecular formula is C18H18ClN3O2. The number of pyridine rings is 1. The van der Waals surface area contributed by atoms with Crippen LogP contribution in [0.25, 0.3) is 11.0 Å². The average Bonchev–Trinajstić information content (AvgIpc) is 2.97. The molecule has 2 heterocycles. The maximum Gasteiger partial charge on any atom is 0.224 e. The number of nitrogens with one attached hydrogen (secondary N) is 2. The van der Waals surface area contributed by atoms with Gasteiger partial charge in [0.1, 0.15) is 11.2 Å². The van der Waals surface area contributed by atoms with Gasteiger partial charge >= 0.3 is 0 Å². The third kappa shape index (κ3) is 3.42. The molecule has 0 saturated heterocycles. The highest BCUT2D eigenvalue weighted by atomic mass is 35.5. The Morgan fingerprint density at radius 1 is 1.33 bits per heavy atom. The number of halogens is 1. The summed E-state index contributed by atoms with van der Waals surface area (Å²) in [5.74, 6) is -0.174. The number of aromatic nitrogens is 2. The molecule has 1 amide bonds. The molecule has 2 aromatic heterocycles. The first-order valence-corrected chi connectivity index (χ1v) is 8.00. The number of carbonyl (C=O) groups is 1. The highest BCUT2D eigenvalue weighted by molar-refractivity contribution is 6.31. The van der Waals surface area contributed by atoms with Crippen molar-refractivity contribution in [1.82, 2.24) is 15.3 Å². The fraction of sp³-hybridized carbons (Fsp3) is 0.222.